The van der Waals surface area contributed by atoms with Gasteiger partial charge in [-0.15, -0.1) is 11.8 Å². The van der Waals surface area contributed by atoms with E-state index in [1.807, 2.05) is 55.6 Å². The minimum absolute atomic E-state index is 0.152. The van der Waals surface area contributed by atoms with E-state index in [0.29, 0.717) is 16.9 Å². The first-order chi connectivity index (χ1) is 13.5. The third-order valence-corrected chi connectivity index (χ3v) is 5.13. The zero-order valence-electron chi connectivity index (χ0n) is 15.7. The third-order valence-electron chi connectivity index (χ3n) is 4.05. The van der Waals surface area contributed by atoms with Crippen LogP contribution in [0.3, 0.4) is 0 Å². The maximum atomic E-state index is 12.6. The standard InChI is InChI=1S/C22H21N3O2S/c1-15-5-8-19(24-16(2)26)12-21(15)25-22(27)18-6-9-20(10-7-18)28-14-17-4-3-11-23-13-17/h3-13H,14H2,1-2H3,(H,24,26)(H,25,27). The van der Waals surface area contributed by atoms with Crippen LogP contribution in [0.5, 0.6) is 0 Å². The first-order valence-electron chi connectivity index (χ1n) is 8.82. The second-order valence-corrected chi connectivity index (χ2v) is 7.39. The van der Waals surface area contributed by atoms with Crippen LogP contribution in [0.25, 0.3) is 0 Å². The lowest BCUT2D eigenvalue weighted by atomic mass is 10.1. The minimum Gasteiger partial charge on any atom is -0.326 e. The van der Waals surface area contributed by atoms with Gasteiger partial charge in [0.15, 0.2) is 0 Å². The highest BCUT2D eigenvalue weighted by atomic mass is 32.2. The SMILES string of the molecule is CC(=O)Nc1ccc(C)c(NC(=O)c2ccc(SCc3cccnc3)cc2)c1. The van der Waals surface area contributed by atoms with Crippen molar-refractivity contribution >= 4 is 35.0 Å². The number of nitrogens with zero attached hydrogens (tertiary/aromatic N) is 1. The van der Waals surface area contributed by atoms with Gasteiger partial charge in [0.05, 0.1) is 0 Å². The van der Waals surface area contributed by atoms with Gasteiger partial charge < -0.3 is 10.6 Å². The molecule has 0 atom stereocenters. The van der Waals surface area contributed by atoms with Gasteiger partial charge >= 0.3 is 0 Å². The summed E-state index contributed by atoms with van der Waals surface area (Å²) in [6.45, 7) is 3.36. The Labute approximate surface area is 168 Å². The fourth-order valence-corrected chi connectivity index (χ4v) is 3.42. The monoisotopic (exact) mass is 391 g/mol. The number of anilines is 2. The molecule has 0 aliphatic carbocycles. The molecule has 1 aromatic heterocycles. The molecule has 0 spiro atoms. The van der Waals surface area contributed by atoms with Crippen LogP contribution in [0, 0.1) is 6.92 Å². The average molecular weight is 391 g/mol. The largest absolute Gasteiger partial charge is 0.326 e. The highest BCUT2D eigenvalue weighted by Crippen LogP contribution is 2.24. The molecule has 0 saturated heterocycles. The molecular weight excluding hydrogens is 370 g/mol. The van der Waals surface area contributed by atoms with Crippen molar-refractivity contribution in [1.29, 1.82) is 0 Å². The van der Waals surface area contributed by atoms with Crippen LogP contribution in [0.1, 0.15) is 28.4 Å². The molecule has 0 unspecified atom stereocenters. The summed E-state index contributed by atoms with van der Waals surface area (Å²) in [7, 11) is 0. The Bertz CT molecular complexity index is 973. The molecule has 0 radical (unpaired) electrons. The van der Waals surface area contributed by atoms with Crippen molar-refractivity contribution in [1.82, 2.24) is 4.98 Å². The lowest BCUT2D eigenvalue weighted by molar-refractivity contribution is -0.114. The van der Waals surface area contributed by atoms with Crippen molar-refractivity contribution in [2.24, 2.45) is 0 Å². The number of hydrogen-bond acceptors (Lipinski definition) is 4. The first kappa shape index (κ1) is 19.6. The van der Waals surface area contributed by atoms with E-state index in [-0.39, 0.29) is 11.8 Å². The van der Waals surface area contributed by atoms with Crippen LogP contribution >= 0.6 is 11.8 Å². The summed E-state index contributed by atoms with van der Waals surface area (Å²) in [4.78, 5) is 29.0. The van der Waals surface area contributed by atoms with Crippen LogP contribution in [0.2, 0.25) is 0 Å². The van der Waals surface area contributed by atoms with Gasteiger partial charge in [0.2, 0.25) is 5.91 Å². The van der Waals surface area contributed by atoms with Gasteiger partial charge in [0, 0.05) is 46.9 Å². The third kappa shape index (κ3) is 5.44. The van der Waals surface area contributed by atoms with Gasteiger partial charge in [-0.25, -0.2) is 0 Å². The number of carbonyl (C=O) groups excluding carboxylic acids is 2. The quantitative estimate of drug-likeness (QED) is 0.587. The Morgan fingerprint density at radius 1 is 1.04 bits per heavy atom. The van der Waals surface area contributed by atoms with Crippen molar-refractivity contribution in [3.8, 4) is 0 Å². The van der Waals surface area contributed by atoms with Crippen LogP contribution in [-0.2, 0) is 10.5 Å². The van der Waals surface area contributed by atoms with E-state index in [9.17, 15) is 9.59 Å². The number of carbonyl (C=O) groups is 2. The van der Waals surface area contributed by atoms with Gasteiger partial charge in [-0.1, -0.05) is 12.1 Å². The van der Waals surface area contributed by atoms with E-state index < -0.39 is 0 Å². The van der Waals surface area contributed by atoms with Gasteiger partial charge in [0.1, 0.15) is 0 Å². The summed E-state index contributed by atoms with van der Waals surface area (Å²) in [5.41, 5.74) is 3.98. The van der Waals surface area contributed by atoms with E-state index in [2.05, 4.69) is 15.6 Å². The Balaban J connectivity index is 1.64. The van der Waals surface area contributed by atoms with Gasteiger partial charge in [-0.2, -0.15) is 0 Å². The van der Waals surface area contributed by atoms with Gasteiger partial charge in [-0.3, -0.25) is 14.6 Å². The molecule has 3 rings (SSSR count). The lowest BCUT2D eigenvalue weighted by Gasteiger charge is -2.11. The summed E-state index contributed by atoms with van der Waals surface area (Å²) in [5.74, 6) is 0.488. The molecular formula is C22H21N3O2S. The summed E-state index contributed by atoms with van der Waals surface area (Å²) in [6.07, 6.45) is 3.61. The van der Waals surface area contributed by atoms with Crippen molar-refractivity contribution in [3.05, 3.63) is 83.7 Å². The predicted octanol–water partition coefficient (Wildman–Crippen LogP) is 4.89. The van der Waals surface area contributed by atoms with Crippen LogP contribution < -0.4 is 10.6 Å². The van der Waals surface area contributed by atoms with Crippen molar-refractivity contribution in [2.45, 2.75) is 24.5 Å². The van der Waals surface area contributed by atoms with Gasteiger partial charge in [-0.05, 0) is 60.5 Å². The second-order valence-electron chi connectivity index (χ2n) is 6.34. The topological polar surface area (TPSA) is 71.1 Å². The molecule has 2 amide bonds. The lowest BCUT2D eigenvalue weighted by Crippen LogP contribution is -2.13. The summed E-state index contributed by atoms with van der Waals surface area (Å²) >= 11 is 1.70. The van der Waals surface area contributed by atoms with E-state index >= 15 is 0 Å². The summed E-state index contributed by atoms with van der Waals surface area (Å²) in [5, 5.41) is 5.64. The predicted molar refractivity (Wildman–Crippen MR) is 114 cm³/mol. The summed E-state index contributed by atoms with van der Waals surface area (Å²) < 4.78 is 0. The smallest absolute Gasteiger partial charge is 0.255 e. The molecule has 0 bridgehead atoms. The average Bonchev–Trinajstić information content (AvgIpc) is 2.69. The van der Waals surface area contributed by atoms with Crippen LogP contribution in [-0.4, -0.2) is 16.8 Å². The number of thioether (sulfide) groups is 1. The molecule has 142 valence electrons. The van der Waals surface area contributed by atoms with Crippen LogP contribution in [0.15, 0.2) is 71.9 Å². The molecule has 2 aromatic carbocycles. The fourth-order valence-electron chi connectivity index (χ4n) is 2.58. The molecule has 0 fully saturated rings. The Hall–Kier alpha value is -3.12. The molecule has 2 N–H and O–H groups in total. The molecule has 28 heavy (non-hydrogen) atoms. The zero-order valence-corrected chi connectivity index (χ0v) is 16.5. The van der Waals surface area contributed by atoms with E-state index in [4.69, 9.17) is 0 Å². The Morgan fingerprint density at radius 2 is 1.82 bits per heavy atom. The number of pyridine rings is 1. The maximum Gasteiger partial charge on any atom is 0.255 e. The van der Waals surface area contributed by atoms with E-state index in [1.165, 1.54) is 6.92 Å². The minimum atomic E-state index is -0.188. The molecule has 0 aliphatic rings. The first-order valence-corrected chi connectivity index (χ1v) is 9.81. The molecule has 1 heterocycles. The molecule has 6 heteroatoms. The fraction of sp³-hybridized carbons (Fsp3) is 0.136. The number of rotatable bonds is 6. The molecule has 3 aromatic rings. The number of aromatic nitrogens is 1. The highest BCUT2D eigenvalue weighted by molar-refractivity contribution is 7.98. The Morgan fingerprint density at radius 3 is 2.50 bits per heavy atom. The van der Waals surface area contributed by atoms with E-state index in [1.54, 1.807) is 30.1 Å². The van der Waals surface area contributed by atoms with Crippen LogP contribution in [0.4, 0.5) is 11.4 Å². The highest BCUT2D eigenvalue weighted by Gasteiger charge is 2.09. The Kier molecular flexibility index (Phi) is 6.45. The molecule has 0 aliphatic heterocycles. The maximum absolute atomic E-state index is 12.6. The number of aryl methyl sites for hydroxylation is 1. The molecule has 0 saturated carbocycles. The van der Waals surface area contributed by atoms with Gasteiger partial charge in [0.25, 0.3) is 5.91 Å². The zero-order chi connectivity index (χ0) is 19.9. The number of benzene rings is 2. The number of nitrogens with one attached hydrogen (secondary N) is 2. The van der Waals surface area contributed by atoms with Crippen molar-refractivity contribution in [2.75, 3.05) is 10.6 Å². The van der Waals surface area contributed by atoms with E-state index in [0.717, 1.165) is 21.8 Å². The summed E-state index contributed by atoms with van der Waals surface area (Å²) in [6, 6.07) is 16.9. The normalized spacial score (nSPS) is 10.4. The number of amides is 2. The number of hydrogen-bond donors (Lipinski definition) is 2. The van der Waals surface area contributed by atoms with Crippen molar-refractivity contribution < 1.29 is 9.59 Å². The van der Waals surface area contributed by atoms with Crippen molar-refractivity contribution in [3.63, 3.8) is 0 Å². The second kappa shape index (κ2) is 9.19. The molecule has 5 nitrogen and oxygen atoms in total.